The Morgan fingerprint density at radius 1 is 1.21 bits per heavy atom. The van der Waals surface area contributed by atoms with E-state index in [0.29, 0.717) is 13.0 Å². The van der Waals surface area contributed by atoms with Gasteiger partial charge in [-0.1, -0.05) is 0 Å². The normalized spacial score (nSPS) is 10.4. The molecule has 0 aliphatic rings. The molecule has 0 aliphatic carbocycles. The van der Waals surface area contributed by atoms with Crippen molar-refractivity contribution in [2.45, 2.75) is 12.8 Å². The van der Waals surface area contributed by atoms with Crippen LogP contribution in [0.25, 0.3) is 0 Å². The monoisotopic (exact) mass is 202 g/mol. The summed E-state index contributed by atoms with van der Waals surface area (Å²) in [7, 11) is 1.60. The summed E-state index contributed by atoms with van der Waals surface area (Å²) in [5.74, 6) is -1.80. The summed E-state index contributed by atoms with van der Waals surface area (Å²) >= 11 is 0. The van der Waals surface area contributed by atoms with Gasteiger partial charge in [-0.15, -0.1) is 0 Å². The van der Waals surface area contributed by atoms with Gasteiger partial charge in [0.1, 0.15) is 0 Å². The van der Waals surface area contributed by atoms with Crippen LogP contribution in [-0.2, 0) is 19.1 Å². The molecule has 0 unspecified atom stereocenters. The molecule has 1 N–H and O–H groups in total. The molecule has 0 aliphatic heterocycles. The van der Waals surface area contributed by atoms with Crippen molar-refractivity contribution in [1.82, 2.24) is 0 Å². The molecular weight excluding hydrogens is 188 g/mol. The van der Waals surface area contributed by atoms with Crippen LogP contribution in [-0.4, -0.2) is 37.4 Å². The lowest BCUT2D eigenvalue weighted by atomic mass is 10.3. The summed E-state index contributed by atoms with van der Waals surface area (Å²) < 4.78 is 9.49. The number of esters is 1. The van der Waals surface area contributed by atoms with Gasteiger partial charge < -0.3 is 14.6 Å². The highest BCUT2D eigenvalue weighted by molar-refractivity contribution is 5.90. The highest BCUT2D eigenvalue weighted by Gasteiger charge is 1.97. The Balaban J connectivity index is 3.40. The van der Waals surface area contributed by atoms with Crippen molar-refractivity contribution in [1.29, 1.82) is 0 Å². The van der Waals surface area contributed by atoms with E-state index < -0.39 is 11.9 Å². The number of methoxy groups -OCH3 is 1. The van der Waals surface area contributed by atoms with Crippen molar-refractivity contribution in [2.75, 3.05) is 20.3 Å². The maximum absolute atomic E-state index is 10.8. The second-order valence-electron chi connectivity index (χ2n) is 2.54. The standard InChI is InChI=1S/C9H14O5/c1-13-6-2-3-7-14-9(12)5-4-8(10)11/h4-5H,2-3,6-7H2,1H3,(H,10,11)/b5-4+. The fourth-order valence-electron chi connectivity index (χ4n) is 0.709. The zero-order valence-corrected chi connectivity index (χ0v) is 8.06. The van der Waals surface area contributed by atoms with Crippen LogP contribution in [0.4, 0.5) is 0 Å². The van der Waals surface area contributed by atoms with Gasteiger partial charge in [-0.2, -0.15) is 0 Å². The Bertz CT molecular complexity index is 209. The van der Waals surface area contributed by atoms with E-state index in [1.165, 1.54) is 0 Å². The number of carbonyl (C=O) groups is 2. The Labute approximate surface area is 82.3 Å². The van der Waals surface area contributed by atoms with E-state index >= 15 is 0 Å². The van der Waals surface area contributed by atoms with Gasteiger partial charge in [-0.3, -0.25) is 0 Å². The van der Waals surface area contributed by atoms with Crippen LogP contribution in [0.5, 0.6) is 0 Å². The lowest BCUT2D eigenvalue weighted by Crippen LogP contribution is -2.04. The highest BCUT2D eigenvalue weighted by atomic mass is 16.5. The van der Waals surface area contributed by atoms with Crippen molar-refractivity contribution < 1.29 is 24.2 Å². The fourth-order valence-corrected chi connectivity index (χ4v) is 0.709. The SMILES string of the molecule is COCCCCOC(=O)/C=C/C(=O)O. The van der Waals surface area contributed by atoms with Gasteiger partial charge in [0.2, 0.25) is 0 Å². The zero-order chi connectivity index (χ0) is 10.8. The predicted molar refractivity (Wildman–Crippen MR) is 48.8 cm³/mol. The lowest BCUT2D eigenvalue weighted by molar-refractivity contribution is -0.138. The van der Waals surface area contributed by atoms with Gasteiger partial charge in [-0.25, -0.2) is 9.59 Å². The first-order valence-electron chi connectivity index (χ1n) is 4.23. The maximum Gasteiger partial charge on any atom is 0.331 e. The molecular formula is C9H14O5. The number of carboxylic acids is 1. The number of hydrogen-bond donors (Lipinski definition) is 1. The molecule has 0 radical (unpaired) electrons. The van der Waals surface area contributed by atoms with Crippen LogP contribution in [0.15, 0.2) is 12.2 Å². The molecule has 0 fully saturated rings. The van der Waals surface area contributed by atoms with Crippen LogP contribution in [0.1, 0.15) is 12.8 Å². The van der Waals surface area contributed by atoms with E-state index in [9.17, 15) is 9.59 Å². The average Bonchev–Trinajstić information content (AvgIpc) is 2.14. The minimum absolute atomic E-state index is 0.284. The third-order valence-electron chi connectivity index (χ3n) is 1.35. The second-order valence-corrected chi connectivity index (χ2v) is 2.54. The van der Waals surface area contributed by atoms with Gasteiger partial charge in [0, 0.05) is 25.9 Å². The quantitative estimate of drug-likeness (QED) is 0.371. The summed E-state index contributed by atoms with van der Waals surface area (Å²) in [4.78, 5) is 20.8. The third kappa shape index (κ3) is 8.73. The van der Waals surface area contributed by atoms with Gasteiger partial charge in [0.25, 0.3) is 0 Å². The molecule has 0 amide bonds. The van der Waals surface area contributed by atoms with Crippen LogP contribution in [0.3, 0.4) is 0 Å². The molecule has 14 heavy (non-hydrogen) atoms. The van der Waals surface area contributed by atoms with Gasteiger partial charge >= 0.3 is 11.9 Å². The molecule has 5 nitrogen and oxygen atoms in total. The third-order valence-corrected chi connectivity index (χ3v) is 1.35. The first-order chi connectivity index (χ1) is 6.66. The van der Waals surface area contributed by atoms with Crippen LogP contribution >= 0.6 is 0 Å². The number of carboxylic acid groups (broad SMARTS) is 1. The molecule has 0 bridgehead atoms. The molecule has 0 saturated heterocycles. The molecule has 5 heteroatoms. The Morgan fingerprint density at radius 2 is 1.86 bits per heavy atom. The van der Waals surface area contributed by atoms with E-state index in [1.807, 2.05) is 0 Å². The largest absolute Gasteiger partial charge is 0.478 e. The van der Waals surface area contributed by atoms with Crippen molar-refractivity contribution in [3.05, 3.63) is 12.2 Å². The molecule has 80 valence electrons. The van der Waals surface area contributed by atoms with Crippen LogP contribution in [0, 0.1) is 0 Å². The number of aliphatic carboxylic acids is 1. The average molecular weight is 202 g/mol. The lowest BCUT2D eigenvalue weighted by Gasteiger charge is -2.00. The van der Waals surface area contributed by atoms with Crippen LogP contribution in [0.2, 0.25) is 0 Å². The Hall–Kier alpha value is -1.36. The van der Waals surface area contributed by atoms with E-state index in [1.54, 1.807) is 7.11 Å². The minimum atomic E-state index is -1.17. The summed E-state index contributed by atoms with van der Waals surface area (Å²) in [6.45, 7) is 0.911. The van der Waals surface area contributed by atoms with Crippen molar-refractivity contribution in [3.8, 4) is 0 Å². The number of rotatable bonds is 7. The number of unbranched alkanes of at least 4 members (excludes halogenated alkanes) is 1. The van der Waals surface area contributed by atoms with Gasteiger partial charge in [0.15, 0.2) is 0 Å². The van der Waals surface area contributed by atoms with Gasteiger partial charge in [0.05, 0.1) is 6.61 Å². The maximum atomic E-state index is 10.8. The summed E-state index contributed by atoms with van der Waals surface area (Å²) in [5, 5.41) is 8.19. The van der Waals surface area contributed by atoms with E-state index in [2.05, 4.69) is 0 Å². The van der Waals surface area contributed by atoms with Crippen LogP contribution < -0.4 is 0 Å². The molecule has 0 spiro atoms. The van der Waals surface area contributed by atoms with Crippen molar-refractivity contribution >= 4 is 11.9 Å². The minimum Gasteiger partial charge on any atom is -0.478 e. The predicted octanol–water partition coefficient (Wildman–Crippen LogP) is 0.597. The Morgan fingerprint density at radius 3 is 2.43 bits per heavy atom. The molecule has 0 rings (SSSR count). The topological polar surface area (TPSA) is 72.8 Å². The molecule has 0 aromatic rings. The first kappa shape index (κ1) is 12.6. The molecule has 0 atom stereocenters. The molecule has 0 aromatic heterocycles. The van der Waals surface area contributed by atoms with E-state index in [4.69, 9.17) is 14.6 Å². The molecule has 0 saturated carbocycles. The van der Waals surface area contributed by atoms with E-state index in [0.717, 1.165) is 18.6 Å². The van der Waals surface area contributed by atoms with Crippen molar-refractivity contribution in [3.63, 3.8) is 0 Å². The fraction of sp³-hybridized carbons (Fsp3) is 0.556. The number of carbonyl (C=O) groups excluding carboxylic acids is 1. The van der Waals surface area contributed by atoms with Gasteiger partial charge in [-0.05, 0) is 12.8 Å². The molecule has 0 aromatic carbocycles. The summed E-state index contributed by atoms with van der Waals surface area (Å²) in [6.07, 6.45) is 3.16. The highest BCUT2D eigenvalue weighted by Crippen LogP contribution is 1.91. The zero-order valence-electron chi connectivity index (χ0n) is 8.06. The summed E-state index contributed by atoms with van der Waals surface area (Å²) in [6, 6.07) is 0. The Kier molecular flexibility index (Phi) is 7.45. The van der Waals surface area contributed by atoms with E-state index in [-0.39, 0.29) is 6.61 Å². The van der Waals surface area contributed by atoms with Crippen molar-refractivity contribution in [2.24, 2.45) is 0 Å². The number of ether oxygens (including phenoxy) is 2. The summed E-state index contributed by atoms with van der Waals surface area (Å²) in [5.41, 5.74) is 0. The second kappa shape index (κ2) is 8.25. The smallest absolute Gasteiger partial charge is 0.331 e. The molecule has 0 heterocycles. The number of hydrogen-bond acceptors (Lipinski definition) is 4. The first-order valence-corrected chi connectivity index (χ1v) is 4.23.